The second kappa shape index (κ2) is 6.59. The van der Waals surface area contributed by atoms with E-state index in [4.69, 9.17) is 4.74 Å². The van der Waals surface area contributed by atoms with Crippen LogP contribution < -0.4 is 4.74 Å². The Bertz CT molecular complexity index is 1140. The lowest BCUT2D eigenvalue weighted by molar-refractivity contribution is -0.137. The number of rotatable bonds is 3. The first-order valence-electron chi connectivity index (χ1n) is 8.27. The molecular formula is C19H14F3N5O. The summed E-state index contributed by atoms with van der Waals surface area (Å²) in [6, 6.07) is 10.3. The van der Waals surface area contributed by atoms with Gasteiger partial charge >= 0.3 is 6.18 Å². The van der Waals surface area contributed by atoms with Crippen LogP contribution in [0.1, 0.15) is 11.1 Å². The van der Waals surface area contributed by atoms with E-state index in [0.717, 1.165) is 17.7 Å². The van der Waals surface area contributed by atoms with Crippen LogP contribution in [-0.2, 0) is 6.18 Å². The van der Waals surface area contributed by atoms with Crippen LogP contribution in [0.25, 0.3) is 28.4 Å². The highest BCUT2D eigenvalue weighted by Gasteiger charge is 2.31. The van der Waals surface area contributed by atoms with Crippen LogP contribution in [0.3, 0.4) is 0 Å². The highest BCUT2D eigenvalue weighted by Crippen LogP contribution is 2.33. The summed E-state index contributed by atoms with van der Waals surface area (Å²) in [4.78, 5) is 8.76. The van der Waals surface area contributed by atoms with Gasteiger partial charge in [-0.1, -0.05) is 6.07 Å². The number of hydrogen-bond donors (Lipinski definition) is 0. The molecule has 0 radical (unpaired) electrons. The lowest BCUT2D eigenvalue weighted by Gasteiger charge is -2.09. The topological polar surface area (TPSA) is 65.7 Å². The highest BCUT2D eigenvalue weighted by atomic mass is 19.4. The summed E-state index contributed by atoms with van der Waals surface area (Å²) in [5, 5.41) is 8.06. The molecule has 1 aromatic carbocycles. The number of halogens is 3. The summed E-state index contributed by atoms with van der Waals surface area (Å²) in [5.74, 6) is 1.08. The number of imidazole rings is 1. The number of pyridine rings is 1. The van der Waals surface area contributed by atoms with Crippen LogP contribution in [0.15, 0.2) is 48.7 Å². The number of ether oxygens (including phenoxy) is 1. The van der Waals surface area contributed by atoms with Crippen molar-refractivity contribution < 1.29 is 17.9 Å². The lowest BCUT2D eigenvalue weighted by atomic mass is 10.2. The zero-order valence-electron chi connectivity index (χ0n) is 14.9. The fourth-order valence-electron chi connectivity index (χ4n) is 2.80. The van der Waals surface area contributed by atoms with E-state index >= 15 is 0 Å². The van der Waals surface area contributed by atoms with Gasteiger partial charge in [-0.3, -0.25) is 9.55 Å². The van der Waals surface area contributed by atoms with Crippen LogP contribution in [0.5, 0.6) is 5.88 Å². The van der Waals surface area contributed by atoms with E-state index in [1.54, 1.807) is 29.0 Å². The molecule has 28 heavy (non-hydrogen) atoms. The number of aromatic nitrogens is 5. The Labute approximate surface area is 157 Å². The maximum absolute atomic E-state index is 13.1. The van der Waals surface area contributed by atoms with Crippen molar-refractivity contribution in [3.8, 4) is 23.2 Å². The molecule has 3 aromatic heterocycles. The summed E-state index contributed by atoms with van der Waals surface area (Å²) in [6.07, 6.45) is -2.79. The molecule has 0 aliphatic carbocycles. The fourth-order valence-corrected chi connectivity index (χ4v) is 2.80. The fraction of sp³-hybridized carbons (Fsp3) is 0.158. The maximum atomic E-state index is 13.1. The Morgan fingerprint density at radius 3 is 2.43 bits per heavy atom. The Kier molecular flexibility index (Phi) is 4.21. The van der Waals surface area contributed by atoms with Crippen molar-refractivity contribution >= 4 is 11.0 Å². The normalized spacial score (nSPS) is 11.8. The van der Waals surface area contributed by atoms with Gasteiger partial charge in [-0.15, -0.1) is 10.2 Å². The molecular weight excluding hydrogens is 371 g/mol. The lowest BCUT2D eigenvalue weighted by Crippen LogP contribution is -2.05. The molecule has 0 atom stereocenters. The van der Waals surface area contributed by atoms with Crippen molar-refractivity contribution in [3.63, 3.8) is 0 Å². The molecule has 0 bridgehead atoms. The van der Waals surface area contributed by atoms with E-state index in [1.807, 2.05) is 13.0 Å². The Hall–Kier alpha value is -3.49. The molecule has 0 saturated heterocycles. The number of methoxy groups -OCH3 is 1. The van der Waals surface area contributed by atoms with Crippen LogP contribution >= 0.6 is 0 Å². The van der Waals surface area contributed by atoms with Gasteiger partial charge in [0.15, 0.2) is 11.6 Å². The van der Waals surface area contributed by atoms with Crippen LogP contribution in [0, 0.1) is 6.92 Å². The van der Waals surface area contributed by atoms with Gasteiger partial charge in [0, 0.05) is 12.3 Å². The quantitative estimate of drug-likeness (QED) is 0.529. The SMILES string of the molecule is COc1ccc(-n2c(-c3ccc(C)cn3)nc3cc(C(F)(F)F)ccc32)nn1. The molecule has 4 aromatic rings. The smallest absolute Gasteiger partial charge is 0.416 e. The van der Waals surface area contributed by atoms with Gasteiger partial charge < -0.3 is 4.74 Å². The first kappa shape index (κ1) is 17.9. The van der Waals surface area contributed by atoms with Gasteiger partial charge in [-0.05, 0) is 42.8 Å². The molecule has 6 nitrogen and oxygen atoms in total. The molecule has 9 heteroatoms. The third kappa shape index (κ3) is 3.15. The van der Waals surface area contributed by atoms with Crippen molar-refractivity contribution in [2.24, 2.45) is 0 Å². The molecule has 0 spiro atoms. The Morgan fingerprint density at radius 1 is 1.00 bits per heavy atom. The predicted molar refractivity (Wildman–Crippen MR) is 96.2 cm³/mol. The van der Waals surface area contributed by atoms with Crippen molar-refractivity contribution in [1.82, 2.24) is 24.7 Å². The minimum atomic E-state index is -4.46. The first-order chi connectivity index (χ1) is 13.4. The number of aryl methyl sites for hydroxylation is 1. The van der Waals surface area contributed by atoms with Crippen molar-refractivity contribution in [3.05, 3.63) is 59.8 Å². The maximum Gasteiger partial charge on any atom is 0.416 e. The number of nitrogens with zero attached hydrogens (tertiary/aromatic N) is 5. The predicted octanol–water partition coefficient (Wildman–Crippen LogP) is 4.21. The summed E-state index contributed by atoms with van der Waals surface area (Å²) in [5.41, 5.74) is 1.34. The third-order valence-electron chi connectivity index (χ3n) is 4.19. The summed E-state index contributed by atoms with van der Waals surface area (Å²) in [6.45, 7) is 1.89. The molecule has 0 N–H and O–H groups in total. The molecule has 0 amide bonds. The number of fused-ring (bicyclic) bond motifs is 1. The molecule has 0 unspecified atom stereocenters. The van der Waals surface area contributed by atoms with Crippen LogP contribution in [0.4, 0.5) is 13.2 Å². The van der Waals surface area contributed by atoms with Gasteiger partial charge in [0.25, 0.3) is 0 Å². The minimum Gasteiger partial charge on any atom is -0.480 e. The van der Waals surface area contributed by atoms with Crippen LogP contribution in [-0.4, -0.2) is 31.8 Å². The number of hydrogen-bond acceptors (Lipinski definition) is 5. The van der Waals surface area contributed by atoms with E-state index in [1.165, 1.54) is 13.2 Å². The molecule has 0 aliphatic heterocycles. The monoisotopic (exact) mass is 385 g/mol. The van der Waals surface area contributed by atoms with E-state index in [0.29, 0.717) is 28.7 Å². The molecule has 142 valence electrons. The Morgan fingerprint density at radius 2 is 1.82 bits per heavy atom. The molecule has 0 aliphatic rings. The van der Waals surface area contributed by atoms with Crippen molar-refractivity contribution in [1.29, 1.82) is 0 Å². The van der Waals surface area contributed by atoms with Crippen molar-refractivity contribution in [2.75, 3.05) is 7.11 Å². The van der Waals surface area contributed by atoms with Crippen molar-refractivity contribution in [2.45, 2.75) is 13.1 Å². The van der Waals surface area contributed by atoms with E-state index in [2.05, 4.69) is 20.2 Å². The Balaban J connectivity index is 1.98. The number of benzene rings is 1. The number of alkyl halides is 3. The van der Waals surface area contributed by atoms with Gasteiger partial charge in [-0.25, -0.2) is 4.98 Å². The van der Waals surface area contributed by atoms with E-state index < -0.39 is 11.7 Å². The first-order valence-corrected chi connectivity index (χ1v) is 8.27. The zero-order chi connectivity index (χ0) is 19.9. The third-order valence-corrected chi connectivity index (χ3v) is 4.19. The summed E-state index contributed by atoms with van der Waals surface area (Å²) in [7, 11) is 1.47. The molecule has 4 rings (SSSR count). The second-order valence-corrected chi connectivity index (χ2v) is 6.13. The molecule has 3 heterocycles. The average molecular weight is 385 g/mol. The summed E-state index contributed by atoms with van der Waals surface area (Å²) < 4.78 is 46.0. The van der Waals surface area contributed by atoms with E-state index in [9.17, 15) is 13.2 Å². The van der Waals surface area contributed by atoms with Gasteiger partial charge in [-0.2, -0.15) is 13.2 Å². The molecule has 0 fully saturated rings. The van der Waals surface area contributed by atoms with Gasteiger partial charge in [0.05, 0.1) is 23.7 Å². The van der Waals surface area contributed by atoms with Crippen LogP contribution in [0.2, 0.25) is 0 Å². The van der Waals surface area contributed by atoms with Gasteiger partial charge in [0.1, 0.15) is 5.69 Å². The standard InChI is InChI=1S/C19H14F3N5O/c1-11-3-5-13(23-10-11)18-24-14-9-12(19(20,21)22)4-6-15(14)27(18)16-7-8-17(28-2)26-25-16/h3-10H,1-2H3. The summed E-state index contributed by atoms with van der Waals surface area (Å²) >= 11 is 0. The highest BCUT2D eigenvalue weighted by molar-refractivity contribution is 5.83. The van der Waals surface area contributed by atoms with E-state index in [-0.39, 0.29) is 5.52 Å². The van der Waals surface area contributed by atoms with Gasteiger partial charge in [0.2, 0.25) is 5.88 Å². The minimum absolute atomic E-state index is 0.185. The largest absolute Gasteiger partial charge is 0.480 e. The zero-order valence-corrected chi connectivity index (χ0v) is 14.9. The molecule has 0 saturated carbocycles. The average Bonchev–Trinajstić information content (AvgIpc) is 3.06. The second-order valence-electron chi connectivity index (χ2n) is 6.13.